The second kappa shape index (κ2) is 13.2. The molecule has 0 amide bonds. The molecule has 0 heterocycles. The quantitative estimate of drug-likeness (QED) is 0.197. The van der Waals surface area contributed by atoms with Crippen LogP contribution in [0.2, 0.25) is 0 Å². The fourth-order valence-electron chi connectivity index (χ4n) is 3.27. The summed E-state index contributed by atoms with van der Waals surface area (Å²) in [6.07, 6.45) is -4.43. The lowest BCUT2D eigenvalue weighted by Crippen LogP contribution is -2.28. The maximum absolute atomic E-state index is 13.4. The van der Waals surface area contributed by atoms with E-state index in [0.717, 1.165) is 17.4 Å². The predicted molar refractivity (Wildman–Crippen MR) is 133 cm³/mol. The van der Waals surface area contributed by atoms with Gasteiger partial charge in [-0.2, -0.15) is 13.2 Å². The van der Waals surface area contributed by atoms with Crippen molar-refractivity contribution in [2.75, 3.05) is 17.5 Å². The first-order valence-electron chi connectivity index (χ1n) is 11.0. The van der Waals surface area contributed by atoms with E-state index < -0.39 is 28.3 Å². The van der Waals surface area contributed by atoms with Gasteiger partial charge in [-0.15, -0.1) is 0 Å². The van der Waals surface area contributed by atoms with Crippen molar-refractivity contribution >= 4 is 21.7 Å². The van der Waals surface area contributed by atoms with Gasteiger partial charge in [0.05, 0.1) is 18.0 Å². The summed E-state index contributed by atoms with van der Waals surface area (Å²) in [5, 5.41) is 31.0. The van der Waals surface area contributed by atoms with Gasteiger partial charge >= 0.3 is 12.1 Å². The minimum absolute atomic E-state index is 0.00146. The Bertz CT molecular complexity index is 1300. The number of hydrogen-bond acceptors (Lipinski definition) is 6. The summed E-state index contributed by atoms with van der Waals surface area (Å²) in [6.45, 7) is 0.165. The molecule has 3 aromatic carbocycles. The standard InChI is InChI=1S/C23H25FN2O4S.C2HF3O2/c1-31(29,30)26-21-14-18(9-12-22(21)27)23(28)15-25-20(13-16-5-3-2-4-6-16)17-7-10-19(24)11-8-17;3-2(4,5)1(6)7/h2-12,14,20,23,25-28H,13,15H2,1H3;(H,6,7)/t20?,23-;/m0./s1. The Morgan fingerprint density at radius 2 is 1.53 bits per heavy atom. The molecule has 5 N–H and O–H groups in total. The van der Waals surface area contributed by atoms with E-state index in [1.165, 1.54) is 30.3 Å². The Kier molecular flexibility index (Phi) is 10.6. The van der Waals surface area contributed by atoms with E-state index in [-0.39, 0.29) is 29.8 Å². The number of carboxylic acids is 1. The molecule has 38 heavy (non-hydrogen) atoms. The zero-order valence-corrected chi connectivity index (χ0v) is 20.8. The number of phenolic OH excluding ortho intramolecular Hbond substituents is 1. The van der Waals surface area contributed by atoms with Gasteiger partial charge in [0.1, 0.15) is 11.6 Å². The van der Waals surface area contributed by atoms with Gasteiger partial charge < -0.3 is 20.6 Å². The summed E-state index contributed by atoms with van der Waals surface area (Å²) in [4.78, 5) is 8.90. The first-order chi connectivity index (χ1) is 17.7. The van der Waals surface area contributed by atoms with Crippen LogP contribution in [0.1, 0.15) is 28.8 Å². The van der Waals surface area contributed by atoms with Crippen LogP contribution in [0.3, 0.4) is 0 Å². The Morgan fingerprint density at radius 1 is 0.974 bits per heavy atom. The van der Waals surface area contributed by atoms with Crippen LogP contribution in [-0.4, -0.2) is 48.7 Å². The molecule has 13 heteroatoms. The maximum atomic E-state index is 13.4. The lowest BCUT2D eigenvalue weighted by Gasteiger charge is -2.22. The molecule has 206 valence electrons. The number of phenols is 1. The minimum atomic E-state index is -5.08. The van der Waals surface area contributed by atoms with Crippen LogP contribution in [0.25, 0.3) is 0 Å². The Balaban J connectivity index is 0.000000638. The lowest BCUT2D eigenvalue weighted by atomic mass is 9.98. The second-order valence-corrected chi connectivity index (χ2v) is 9.92. The number of carboxylic acid groups (broad SMARTS) is 1. The van der Waals surface area contributed by atoms with Gasteiger partial charge in [0.25, 0.3) is 0 Å². The number of rotatable bonds is 9. The number of aromatic hydroxyl groups is 1. The molecule has 0 aromatic heterocycles. The van der Waals surface area contributed by atoms with Crippen molar-refractivity contribution in [3.63, 3.8) is 0 Å². The normalized spacial score (nSPS) is 13.1. The third kappa shape index (κ3) is 10.4. The van der Waals surface area contributed by atoms with Gasteiger partial charge in [0, 0.05) is 12.6 Å². The molecule has 1 unspecified atom stereocenters. The van der Waals surface area contributed by atoms with Gasteiger partial charge in [0.2, 0.25) is 10.0 Å². The monoisotopic (exact) mass is 558 g/mol. The zero-order valence-electron chi connectivity index (χ0n) is 20.0. The number of carbonyl (C=O) groups is 1. The third-order valence-electron chi connectivity index (χ3n) is 5.06. The number of hydrogen-bond donors (Lipinski definition) is 5. The van der Waals surface area contributed by atoms with Gasteiger partial charge in [-0.1, -0.05) is 48.5 Å². The van der Waals surface area contributed by atoms with E-state index in [0.29, 0.717) is 12.0 Å². The van der Waals surface area contributed by atoms with Gasteiger partial charge in [-0.3, -0.25) is 4.72 Å². The van der Waals surface area contributed by atoms with E-state index in [4.69, 9.17) is 9.90 Å². The largest absolute Gasteiger partial charge is 0.506 e. The third-order valence-corrected chi connectivity index (χ3v) is 5.65. The molecule has 0 bridgehead atoms. The van der Waals surface area contributed by atoms with Gasteiger partial charge in [-0.25, -0.2) is 17.6 Å². The van der Waals surface area contributed by atoms with Gasteiger partial charge in [0.15, 0.2) is 0 Å². The van der Waals surface area contributed by atoms with Crippen LogP contribution in [0, 0.1) is 5.82 Å². The molecule has 0 fully saturated rings. The fourth-order valence-corrected chi connectivity index (χ4v) is 3.83. The summed E-state index contributed by atoms with van der Waals surface area (Å²) in [6, 6.07) is 20.1. The summed E-state index contributed by atoms with van der Waals surface area (Å²) >= 11 is 0. The first-order valence-corrected chi connectivity index (χ1v) is 12.9. The number of alkyl halides is 3. The number of sulfonamides is 1. The van der Waals surface area contributed by atoms with Crippen LogP contribution >= 0.6 is 0 Å². The SMILES string of the molecule is CS(=O)(=O)Nc1cc([C@@H](O)CNC(Cc2ccccc2)c2ccc(F)cc2)ccc1O.O=C(O)C(F)(F)F. The Morgan fingerprint density at radius 3 is 2.05 bits per heavy atom. The summed E-state index contributed by atoms with van der Waals surface area (Å²) in [7, 11) is -3.58. The number of anilines is 1. The summed E-state index contributed by atoms with van der Waals surface area (Å²) < 4.78 is 70.3. The number of aliphatic hydroxyl groups is 1. The van der Waals surface area contributed by atoms with Crippen molar-refractivity contribution in [1.82, 2.24) is 5.32 Å². The first kappa shape index (κ1) is 30.5. The second-order valence-electron chi connectivity index (χ2n) is 8.17. The van der Waals surface area contributed by atoms with Crippen LogP contribution in [0.15, 0.2) is 72.8 Å². The van der Waals surface area contributed by atoms with Crippen molar-refractivity contribution < 1.29 is 46.1 Å². The molecule has 3 rings (SSSR count). The Hall–Kier alpha value is -3.68. The van der Waals surface area contributed by atoms with E-state index in [1.807, 2.05) is 30.3 Å². The van der Waals surface area contributed by atoms with Crippen molar-refractivity contribution in [3.05, 3.63) is 95.3 Å². The minimum Gasteiger partial charge on any atom is -0.506 e. The van der Waals surface area contributed by atoms with Crippen LogP contribution < -0.4 is 10.0 Å². The molecular weight excluding hydrogens is 532 g/mol. The molecule has 2 atom stereocenters. The van der Waals surface area contributed by atoms with Crippen LogP contribution in [0.5, 0.6) is 5.75 Å². The topological polar surface area (TPSA) is 136 Å². The van der Waals surface area contributed by atoms with Crippen LogP contribution in [-0.2, 0) is 21.2 Å². The average Bonchev–Trinajstić information content (AvgIpc) is 2.83. The molecule has 0 aliphatic heterocycles. The summed E-state index contributed by atoms with van der Waals surface area (Å²) in [5.74, 6) is -3.31. The predicted octanol–water partition coefficient (Wildman–Crippen LogP) is 4.14. The van der Waals surface area contributed by atoms with E-state index in [9.17, 15) is 36.2 Å². The zero-order chi connectivity index (χ0) is 28.5. The highest BCUT2D eigenvalue weighted by Gasteiger charge is 2.38. The van der Waals surface area contributed by atoms with Crippen LogP contribution in [0.4, 0.5) is 23.2 Å². The van der Waals surface area contributed by atoms with E-state index in [2.05, 4.69) is 10.0 Å². The molecular formula is C25H26F4N2O6S. The molecule has 8 nitrogen and oxygen atoms in total. The highest BCUT2D eigenvalue weighted by atomic mass is 32.2. The molecule has 3 aromatic rings. The van der Waals surface area contributed by atoms with E-state index >= 15 is 0 Å². The highest BCUT2D eigenvalue weighted by Crippen LogP contribution is 2.28. The molecule has 0 saturated carbocycles. The van der Waals surface area contributed by atoms with Crippen molar-refractivity contribution in [1.29, 1.82) is 0 Å². The highest BCUT2D eigenvalue weighted by molar-refractivity contribution is 7.92. The summed E-state index contributed by atoms with van der Waals surface area (Å²) in [5.41, 5.74) is 2.40. The Labute approximate surface area is 216 Å². The number of nitrogens with one attached hydrogen (secondary N) is 2. The smallest absolute Gasteiger partial charge is 0.490 e. The number of aliphatic hydroxyl groups excluding tert-OH is 1. The van der Waals surface area contributed by atoms with Crippen molar-refractivity contribution in [2.45, 2.75) is 24.7 Å². The average molecular weight is 559 g/mol. The lowest BCUT2D eigenvalue weighted by molar-refractivity contribution is -0.192. The van der Waals surface area contributed by atoms with Gasteiger partial charge in [-0.05, 0) is 47.4 Å². The molecule has 0 saturated heterocycles. The molecule has 0 spiro atoms. The number of benzene rings is 3. The van der Waals surface area contributed by atoms with Crippen molar-refractivity contribution in [2.24, 2.45) is 0 Å². The molecule has 0 radical (unpaired) electrons. The maximum Gasteiger partial charge on any atom is 0.490 e. The van der Waals surface area contributed by atoms with Crippen molar-refractivity contribution in [3.8, 4) is 5.75 Å². The van der Waals surface area contributed by atoms with E-state index in [1.54, 1.807) is 12.1 Å². The number of aliphatic carboxylic acids is 1. The fraction of sp³-hybridized carbons (Fsp3) is 0.240. The molecule has 0 aliphatic rings. The number of halogens is 4. The molecule has 0 aliphatic carbocycles.